The molecular formula is C18H15NO3. The van der Waals surface area contributed by atoms with Crippen molar-refractivity contribution in [1.82, 2.24) is 4.57 Å². The van der Waals surface area contributed by atoms with Crippen molar-refractivity contribution in [2.45, 2.75) is 13.5 Å². The van der Waals surface area contributed by atoms with E-state index >= 15 is 0 Å². The van der Waals surface area contributed by atoms with Crippen molar-refractivity contribution in [3.8, 4) is 22.8 Å². The van der Waals surface area contributed by atoms with E-state index in [4.69, 9.17) is 9.47 Å². The Balaban J connectivity index is 2.14. The van der Waals surface area contributed by atoms with Crippen LogP contribution in [0.4, 0.5) is 0 Å². The van der Waals surface area contributed by atoms with Crippen LogP contribution >= 0.6 is 0 Å². The van der Waals surface area contributed by atoms with Crippen LogP contribution in [0, 0.1) is 0 Å². The first-order valence-electron chi connectivity index (χ1n) is 7.15. The van der Waals surface area contributed by atoms with Crippen molar-refractivity contribution in [1.29, 1.82) is 0 Å². The van der Waals surface area contributed by atoms with Gasteiger partial charge in [-0.3, -0.25) is 9.36 Å². The van der Waals surface area contributed by atoms with E-state index in [0.29, 0.717) is 6.61 Å². The number of aromatic nitrogens is 1. The number of ether oxygens (including phenoxy) is 2. The van der Waals surface area contributed by atoms with Crippen LogP contribution in [0.25, 0.3) is 22.2 Å². The zero-order valence-electron chi connectivity index (χ0n) is 12.4. The molecule has 0 aliphatic carbocycles. The van der Waals surface area contributed by atoms with E-state index in [1.54, 1.807) is 18.6 Å². The zero-order chi connectivity index (χ0) is 15.3. The summed E-state index contributed by atoms with van der Waals surface area (Å²) in [5.41, 5.74) is 3.80. The summed E-state index contributed by atoms with van der Waals surface area (Å²) in [6.07, 6.45) is 0. The number of hydrogen-bond acceptors (Lipinski definition) is 3. The Kier molecular flexibility index (Phi) is 2.73. The molecule has 0 fully saturated rings. The Morgan fingerprint density at radius 3 is 2.82 bits per heavy atom. The van der Waals surface area contributed by atoms with Crippen molar-refractivity contribution < 1.29 is 14.3 Å². The molecule has 0 bridgehead atoms. The van der Waals surface area contributed by atoms with Crippen LogP contribution in [0.15, 0.2) is 42.5 Å². The summed E-state index contributed by atoms with van der Waals surface area (Å²) in [7, 11) is 1.64. The van der Waals surface area contributed by atoms with Crippen LogP contribution in [0.1, 0.15) is 17.3 Å². The van der Waals surface area contributed by atoms with Crippen molar-refractivity contribution in [2.75, 3.05) is 7.11 Å². The van der Waals surface area contributed by atoms with Crippen LogP contribution < -0.4 is 9.47 Å². The lowest BCUT2D eigenvalue weighted by atomic mass is 10.0. The van der Waals surface area contributed by atoms with Crippen molar-refractivity contribution in [2.24, 2.45) is 0 Å². The van der Waals surface area contributed by atoms with Gasteiger partial charge in [0.25, 0.3) is 0 Å². The molecule has 0 saturated heterocycles. The number of carbonyl (C=O) groups excluding carboxylic acids is 1. The summed E-state index contributed by atoms with van der Waals surface area (Å²) in [4.78, 5) is 12.2. The molecule has 0 N–H and O–H groups in total. The molecule has 1 aromatic heterocycles. The number of carbonyl (C=O) groups is 1. The van der Waals surface area contributed by atoms with E-state index in [2.05, 4.69) is 0 Å². The molecule has 0 saturated carbocycles. The summed E-state index contributed by atoms with van der Waals surface area (Å²) in [5.74, 6) is 1.58. The molecule has 0 unspecified atom stereocenters. The van der Waals surface area contributed by atoms with Crippen molar-refractivity contribution >= 4 is 16.8 Å². The molecule has 2 aromatic carbocycles. The van der Waals surface area contributed by atoms with E-state index in [9.17, 15) is 4.79 Å². The van der Waals surface area contributed by atoms with Crippen LogP contribution in [0.3, 0.4) is 0 Å². The Morgan fingerprint density at radius 1 is 1.23 bits per heavy atom. The third kappa shape index (κ3) is 1.67. The van der Waals surface area contributed by atoms with Gasteiger partial charge in [-0.25, -0.2) is 0 Å². The quantitative estimate of drug-likeness (QED) is 0.684. The van der Waals surface area contributed by atoms with Gasteiger partial charge in [-0.15, -0.1) is 0 Å². The maximum Gasteiger partial charge on any atom is 0.228 e. The van der Waals surface area contributed by atoms with Crippen molar-refractivity contribution in [3.05, 3.63) is 48.0 Å². The molecule has 1 aliphatic heterocycles. The summed E-state index contributed by atoms with van der Waals surface area (Å²) in [5, 5.41) is 0.999. The predicted molar refractivity (Wildman–Crippen MR) is 84.6 cm³/mol. The van der Waals surface area contributed by atoms with Crippen LogP contribution in [-0.4, -0.2) is 17.6 Å². The second-order valence-electron chi connectivity index (χ2n) is 5.35. The largest absolute Gasteiger partial charge is 0.497 e. The van der Waals surface area contributed by atoms with Crippen molar-refractivity contribution in [3.63, 3.8) is 0 Å². The normalized spacial score (nSPS) is 12.5. The minimum atomic E-state index is -0.00637. The highest BCUT2D eigenvalue weighted by Crippen LogP contribution is 2.43. The summed E-state index contributed by atoms with van der Waals surface area (Å²) >= 11 is 0. The molecule has 0 spiro atoms. The van der Waals surface area contributed by atoms with E-state index < -0.39 is 0 Å². The number of methoxy groups -OCH3 is 1. The molecule has 0 atom stereocenters. The monoisotopic (exact) mass is 293 g/mol. The summed E-state index contributed by atoms with van der Waals surface area (Å²) < 4.78 is 12.9. The van der Waals surface area contributed by atoms with Gasteiger partial charge < -0.3 is 9.47 Å². The number of hydrogen-bond donors (Lipinski definition) is 0. The average Bonchev–Trinajstić information content (AvgIpc) is 2.89. The molecule has 4 rings (SSSR count). The Morgan fingerprint density at radius 2 is 2.05 bits per heavy atom. The lowest BCUT2D eigenvalue weighted by Gasteiger charge is -2.19. The van der Waals surface area contributed by atoms with Gasteiger partial charge in [-0.2, -0.15) is 0 Å². The molecule has 0 amide bonds. The van der Waals surface area contributed by atoms with E-state index in [1.807, 2.05) is 42.5 Å². The minimum Gasteiger partial charge on any atom is -0.497 e. The van der Waals surface area contributed by atoms with Gasteiger partial charge in [0.05, 0.1) is 18.3 Å². The summed E-state index contributed by atoms with van der Waals surface area (Å²) in [6.45, 7) is 2.04. The fraction of sp³-hybridized carbons (Fsp3) is 0.167. The lowest BCUT2D eigenvalue weighted by Crippen LogP contribution is -2.11. The Labute approximate surface area is 127 Å². The molecule has 3 aromatic rings. The summed E-state index contributed by atoms with van der Waals surface area (Å²) in [6, 6.07) is 13.6. The number of nitrogens with zero attached hydrogens (tertiary/aromatic N) is 1. The van der Waals surface area contributed by atoms with Gasteiger partial charge in [-0.1, -0.05) is 12.1 Å². The average molecular weight is 293 g/mol. The number of rotatable bonds is 1. The van der Waals surface area contributed by atoms with Crippen LogP contribution in [0.2, 0.25) is 0 Å². The molecule has 4 nitrogen and oxygen atoms in total. The first kappa shape index (κ1) is 13.0. The van der Waals surface area contributed by atoms with E-state index in [-0.39, 0.29) is 5.91 Å². The molecule has 110 valence electrons. The molecule has 22 heavy (non-hydrogen) atoms. The highest BCUT2D eigenvalue weighted by molar-refractivity contribution is 6.02. The Bertz CT molecular complexity index is 908. The highest BCUT2D eigenvalue weighted by atomic mass is 16.5. The van der Waals surface area contributed by atoms with Gasteiger partial charge >= 0.3 is 0 Å². The second-order valence-corrected chi connectivity index (χ2v) is 5.35. The van der Waals surface area contributed by atoms with Gasteiger partial charge in [-0.05, 0) is 30.3 Å². The number of fused-ring (bicyclic) bond motifs is 5. The Hall–Kier alpha value is -2.75. The first-order valence-corrected chi connectivity index (χ1v) is 7.15. The standard InChI is InChI=1S/C18H15NO3/c1-11(20)19-16-8-7-12(21-2)9-14(16)15-10-22-17-6-4-3-5-13(17)18(15)19/h3-9H,10H2,1-2H3. The third-order valence-electron chi connectivity index (χ3n) is 4.11. The molecule has 2 heterocycles. The maximum absolute atomic E-state index is 12.2. The molecule has 1 aliphatic rings. The number of para-hydroxylation sites is 1. The van der Waals surface area contributed by atoms with Gasteiger partial charge in [0.15, 0.2) is 0 Å². The van der Waals surface area contributed by atoms with Gasteiger partial charge in [0.2, 0.25) is 5.91 Å². The number of benzene rings is 2. The smallest absolute Gasteiger partial charge is 0.228 e. The third-order valence-corrected chi connectivity index (χ3v) is 4.11. The fourth-order valence-corrected chi connectivity index (χ4v) is 3.16. The minimum absolute atomic E-state index is 0.00637. The molecular weight excluding hydrogens is 278 g/mol. The van der Waals surface area contributed by atoms with Gasteiger partial charge in [0, 0.05) is 23.4 Å². The maximum atomic E-state index is 12.2. The van der Waals surface area contributed by atoms with Crippen LogP contribution in [-0.2, 0) is 6.61 Å². The van der Waals surface area contributed by atoms with Crippen LogP contribution in [0.5, 0.6) is 11.5 Å². The molecule has 4 heteroatoms. The van der Waals surface area contributed by atoms with E-state index in [0.717, 1.165) is 39.2 Å². The zero-order valence-corrected chi connectivity index (χ0v) is 12.4. The lowest BCUT2D eigenvalue weighted by molar-refractivity contribution is 0.0943. The highest BCUT2D eigenvalue weighted by Gasteiger charge is 2.26. The first-order chi connectivity index (χ1) is 10.7. The SMILES string of the molecule is COc1ccc2c(c1)c1c(n2C(C)=O)-c2ccccc2OC1. The second kappa shape index (κ2) is 4.63. The van der Waals surface area contributed by atoms with E-state index in [1.165, 1.54) is 0 Å². The fourth-order valence-electron chi connectivity index (χ4n) is 3.16. The molecule has 0 radical (unpaired) electrons. The topological polar surface area (TPSA) is 40.5 Å². The predicted octanol–water partition coefficient (Wildman–Crippen LogP) is 3.87. The van der Waals surface area contributed by atoms with Gasteiger partial charge in [0.1, 0.15) is 18.1 Å².